The van der Waals surface area contributed by atoms with E-state index in [0.29, 0.717) is 5.57 Å². The zero-order valence-corrected chi connectivity index (χ0v) is 8.65. The summed E-state index contributed by atoms with van der Waals surface area (Å²) in [6, 6.07) is 0. The predicted octanol–water partition coefficient (Wildman–Crippen LogP) is 0.532. The Morgan fingerprint density at radius 1 is 1.47 bits per heavy atom. The van der Waals surface area contributed by atoms with E-state index in [1.165, 1.54) is 6.08 Å². The molecular weight excluding hydrogens is 202 g/mol. The molecule has 0 atom stereocenters. The molecule has 0 spiro atoms. The Morgan fingerprint density at radius 2 is 1.93 bits per heavy atom. The lowest BCUT2D eigenvalue weighted by atomic mass is 10.4. The Kier molecular flexibility index (Phi) is 10.5. The first kappa shape index (κ1) is 15.5. The van der Waals surface area contributed by atoms with Crippen molar-refractivity contribution in [3.63, 3.8) is 0 Å². The highest BCUT2D eigenvalue weighted by atomic mass is 16.5. The summed E-state index contributed by atoms with van der Waals surface area (Å²) in [7, 11) is 0. The van der Waals surface area contributed by atoms with Gasteiger partial charge in [-0.05, 0) is 6.92 Å². The van der Waals surface area contributed by atoms with Gasteiger partial charge < -0.3 is 9.84 Å². The van der Waals surface area contributed by atoms with Crippen molar-refractivity contribution >= 4 is 18.0 Å². The smallest absolute Gasteiger partial charge is 0.333 e. The van der Waals surface area contributed by atoms with Gasteiger partial charge in [0.25, 0.3) is 5.97 Å². The molecule has 0 aromatic heterocycles. The fourth-order valence-corrected chi connectivity index (χ4v) is 0.353. The minimum absolute atomic E-state index is 0.0981. The van der Waals surface area contributed by atoms with Gasteiger partial charge in [0.15, 0.2) is 0 Å². The minimum Gasteiger partial charge on any atom is -0.481 e. The number of hydrogen-bond donors (Lipinski definition) is 1. The average Bonchev–Trinajstić information content (AvgIpc) is 2.11. The third kappa shape index (κ3) is 18.8. The second-order valence-corrected chi connectivity index (χ2v) is 2.41. The summed E-state index contributed by atoms with van der Waals surface area (Å²) < 4.78 is 4.59. The average molecular weight is 215 g/mol. The van der Waals surface area contributed by atoms with E-state index in [1.54, 1.807) is 6.92 Å². The van der Waals surface area contributed by atoms with Gasteiger partial charge in [-0.1, -0.05) is 6.58 Å². The lowest BCUT2D eigenvalue weighted by molar-refractivity contribution is -0.138. The van der Waals surface area contributed by atoms with E-state index >= 15 is 0 Å². The number of carbonyl (C=O) groups excluding carboxylic acids is 2. The number of carboxylic acids is 1. The summed E-state index contributed by atoms with van der Waals surface area (Å²) in [6.07, 6.45) is 1.33. The zero-order chi connectivity index (χ0) is 12.3. The van der Waals surface area contributed by atoms with E-state index in [9.17, 15) is 9.59 Å². The first-order valence-corrected chi connectivity index (χ1v) is 3.97. The van der Waals surface area contributed by atoms with Crippen molar-refractivity contribution in [2.75, 3.05) is 13.2 Å². The van der Waals surface area contributed by atoms with Crippen LogP contribution in [0.1, 0.15) is 13.8 Å². The molecule has 0 unspecified atom stereocenters. The molecule has 1 N–H and O–H groups in total. The number of aliphatic imine (C=N–C) groups is 1. The van der Waals surface area contributed by atoms with E-state index in [4.69, 9.17) is 9.90 Å². The third-order valence-corrected chi connectivity index (χ3v) is 0.849. The Balaban J connectivity index is 0. The van der Waals surface area contributed by atoms with E-state index in [2.05, 4.69) is 16.3 Å². The van der Waals surface area contributed by atoms with Crippen LogP contribution in [0, 0.1) is 0 Å². The van der Waals surface area contributed by atoms with Gasteiger partial charge in [-0.25, -0.2) is 14.6 Å². The normalized spacial score (nSPS) is 7.60. The summed E-state index contributed by atoms with van der Waals surface area (Å²) in [4.78, 5) is 32.4. The number of rotatable bonds is 4. The van der Waals surface area contributed by atoms with Crippen LogP contribution in [-0.2, 0) is 19.1 Å². The molecule has 0 fully saturated rings. The Bertz CT molecular complexity index is 274. The SMILES string of the molecule is C=C(C)C(=O)OCCN=C=O.CC(=O)O. The predicted molar refractivity (Wildman–Crippen MR) is 52.1 cm³/mol. The van der Waals surface area contributed by atoms with Gasteiger partial charge >= 0.3 is 5.97 Å². The van der Waals surface area contributed by atoms with Crippen molar-refractivity contribution in [3.05, 3.63) is 12.2 Å². The molecule has 0 aliphatic rings. The van der Waals surface area contributed by atoms with Crippen LogP contribution in [0.25, 0.3) is 0 Å². The van der Waals surface area contributed by atoms with Crippen LogP contribution in [0.2, 0.25) is 0 Å². The number of aliphatic carboxylic acids is 1. The van der Waals surface area contributed by atoms with Crippen LogP contribution < -0.4 is 0 Å². The molecule has 0 aromatic carbocycles. The van der Waals surface area contributed by atoms with Gasteiger partial charge in [0, 0.05) is 12.5 Å². The topological polar surface area (TPSA) is 93.0 Å². The Hall–Kier alpha value is -1.94. The number of carbonyl (C=O) groups is 2. The van der Waals surface area contributed by atoms with E-state index in [-0.39, 0.29) is 13.2 Å². The van der Waals surface area contributed by atoms with Crippen LogP contribution >= 0.6 is 0 Å². The van der Waals surface area contributed by atoms with E-state index in [1.807, 2.05) is 0 Å². The molecule has 0 aliphatic heterocycles. The molecule has 6 nitrogen and oxygen atoms in total. The Labute approximate surface area is 87.3 Å². The first-order chi connectivity index (χ1) is 6.91. The van der Waals surface area contributed by atoms with E-state index < -0.39 is 11.9 Å². The number of carboxylic acid groups (broad SMARTS) is 1. The molecule has 0 rings (SSSR count). The van der Waals surface area contributed by atoms with Crippen molar-refractivity contribution in [2.45, 2.75) is 13.8 Å². The Morgan fingerprint density at radius 3 is 2.27 bits per heavy atom. The molecule has 15 heavy (non-hydrogen) atoms. The quantitative estimate of drug-likeness (QED) is 0.243. The summed E-state index contributed by atoms with van der Waals surface area (Å²) in [5, 5.41) is 7.42. The summed E-state index contributed by atoms with van der Waals surface area (Å²) in [5.41, 5.74) is 0.333. The first-order valence-electron chi connectivity index (χ1n) is 3.97. The molecule has 0 saturated carbocycles. The molecule has 0 aliphatic carbocycles. The molecule has 0 aromatic rings. The van der Waals surface area contributed by atoms with Gasteiger partial charge in [-0.2, -0.15) is 0 Å². The fraction of sp³-hybridized carbons (Fsp3) is 0.444. The van der Waals surface area contributed by atoms with Crippen LogP contribution in [-0.4, -0.2) is 36.3 Å². The van der Waals surface area contributed by atoms with Gasteiger partial charge in [-0.15, -0.1) is 0 Å². The molecule has 84 valence electrons. The molecule has 6 heteroatoms. The third-order valence-electron chi connectivity index (χ3n) is 0.849. The van der Waals surface area contributed by atoms with Gasteiger partial charge in [-0.3, -0.25) is 4.79 Å². The highest BCUT2D eigenvalue weighted by Gasteiger charge is 2.00. The highest BCUT2D eigenvalue weighted by molar-refractivity contribution is 5.86. The van der Waals surface area contributed by atoms with Gasteiger partial charge in [0.2, 0.25) is 6.08 Å². The second kappa shape index (κ2) is 10.1. The number of esters is 1. The standard InChI is InChI=1S/C7H9NO3.C2H4O2/c1-6(2)7(10)11-4-3-8-5-9;1-2(3)4/h1,3-4H2,2H3;1H3,(H,3,4). The van der Waals surface area contributed by atoms with Gasteiger partial charge in [0.1, 0.15) is 6.61 Å². The van der Waals surface area contributed by atoms with Gasteiger partial charge in [0.05, 0.1) is 6.54 Å². The summed E-state index contributed by atoms with van der Waals surface area (Å²) in [6.45, 7) is 6.26. The van der Waals surface area contributed by atoms with Crippen LogP contribution in [0.4, 0.5) is 0 Å². The fourth-order valence-electron chi connectivity index (χ4n) is 0.353. The maximum absolute atomic E-state index is 10.6. The van der Waals surface area contributed by atoms with Crippen LogP contribution in [0.5, 0.6) is 0 Å². The molecule has 0 bridgehead atoms. The molecule has 0 saturated heterocycles. The van der Waals surface area contributed by atoms with Crippen molar-refractivity contribution in [2.24, 2.45) is 4.99 Å². The monoisotopic (exact) mass is 215 g/mol. The van der Waals surface area contributed by atoms with Crippen molar-refractivity contribution < 1.29 is 24.2 Å². The molecule has 0 amide bonds. The lowest BCUT2D eigenvalue weighted by Crippen LogP contribution is -2.07. The molecule has 0 heterocycles. The highest BCUT2D eigenvalue weighted by Crippen LogP contribution is 1.90. The van der Waals surface area contributed by atoms with Crippen molar-refractivity contribution in [1.29, 1.82) is 0 Å². The summed E-state index contributed by atoms with van der Waals surface area (Å²) >= 11 is 0. The minimum atomic E-state index is -0.833. The number of hydrogen-bond acceptors (Lipinski definition) is 5. The zero-order valence-electron chi connectivity index (χ0n) is 8.65. The number of ether oxygens (including phenoxy) is 1. The van der Waals surface area contributed by atoms with Crippen molar-refractivity contribution in [1.82, 2.24) is 0 Å². The molecule has 0 radical (unpaired) electrons. The van der Waals surface area contributed by atoms with E-state index in [0.717, 1.165) is 6.92 Å². The van der Waals surface area contributed by atoms with Crippen molar-refractivity contribution in [3.8, 4) is 0 Å². The van der Waals surface area contributed by atoms with Crippen LogP contribution in [0.15, 0.2) is 17.1 Å². The number of nitrogens with zero attached hydrogens (tertiary/aromatic N) is 1. The van der Waals surface area contributed by atoms with Crippen LogP contribution in [0.3, 0.4) is 0 Å². The largest absolute Gasteiger partial charge is 0.481 e. The maximum atomic E-state index is 10.6. The second-order valence-electron chi connectivity index (χ2n) is 2.41. The summed E-state index contributed by atoms with van der Waals surface area (Å²) in [5.74, 6) is -1.30. The molecular formula is C9H13NO5. The number of isocyanates is 1. The lowest BCUT2D eigenvalue weighted by Gasteiger charge is -1.99. The maximum Gasteiger partial charge on any atom is 0.333 e.